The van der Waals surface area contributed by atoms with Crippen molar-refractivity contribution in [2.75, 3.05) is 0 Å². The number of rotatable bonds is 0. The molecule has 0 saturated carbocycles. The summed E-state index contributed by atoms with van der Waals surface area (Å²) in [6.45, 7) is 0. The van der Waals surface area contributed by atoms with Crippen LogP contribution in [0, 0.1) is 10.1 Å². The summed E-state index contributed by atoms with van der Waals surface area (Å²) in [7, 11) is -5.17. The first-order valence-corrected chi connectivity index (χ1v) is 2.41. The van der Waals surface area contributed by atoms with E-state index in [0.29, 0.717) is 0 Å². The molecule has 0 saturated heterocycles. The molecule has 0 aromatic heterocycles. The Hall–Kier alpha value is 0.450. The van der Waals surface area contributed by atoms with Gasteiger partial charge in [-0.2, -0.15) is 0 Å². The summed E-state index contributed by atoms with van der Waals surface area (Å²) in [4.78, 5) is 8.12. The average molecular weight is 219 g/mol. The molecule has 0 atom stereocenters. The predicted octanol–water partition coefficient (Wildman–Crippen LogP) is -5.04. The summed E-state index contributed by atoms with van der Waals surface area (Å²) in [5.74, 6) is 0. The van der Waals surface area contributed by atoms with Crippen molar-refractivity contribution >= 4 is 48.1 Å². The van der Waals surface area contributed by atoms with E-state index in [9.17, 15) is 0 Å². The SMILES string of the molecule is O.O.O=S(=O)([O-])[O-].O=[NH+][O-].[Ca+2]. The molecule has 0 fully saturated rings. The van der Waals surface area contributed by atoms with Crippen LogP contribution in [0.1, 0.15) is 0 Å². The first kappa shape index (κ1) is 30.1. The van der Waals surface area contributed by atoms with E-state index in [1.807, 2.05) is 0 Å². The molecule has 0 unspecified atom stereocenters. The molecular weight excluding hydrogens is 214 g/mol. The monoisotopic (exact) mass is 219 g/mol. The summed E-state index contributed by atoms with van der Waals surface area (Å²) in [6, 6.07) is 0. The fourth-order valence-corrected chi connectivity index (χ4v) is 0. The van der Waals surface area contributed by atoms with Crippen LogP contribution in [-0.4, -0.2) is 66.2 Å². The van der Waals surface area contributed by atoms with Gasteiger partial charge < -0.3 is 20.1 Å². The Bertz CT molecular complexity index is 128. The summed E-state index contributed by atoms with van der Waals surface area (Å²) >= 11 is 0. The second-order valence-electron chi connectivity index (χ2n) is 0.492. The van der Waals surface area contributed by atoms with Crippen LogP contribution in [0.5, 0.6) is 0 Å². The molecule has 0 aromatic rings. The quantitative estimate of drug-likeness (QED) is 0.139. The summed E-state index contributed by atoms with van der Waals surface area (Å²) in [5, 5.41) is 8.38. The van der Waals surface area contributed by atoms with Gasteiger partial charge in [-0.15, -0.1) is 0 Å². The van der Waals surface area contributed by atoms with Crippen molar-refractivity contribution in [3.63, 3.8) is 0 Å². The number of hydrogen-bond acceptors (Lipinski definition) is 6. The molecule has 0 spiro atoms. The third kappa shape index (κ3) is 3690. The molecule has 0 heterocycles. The molecule has 66 valence electrons. The molecular formula is H5CaNO8S. The topological polar surface area (TPSA) is 197 Å². The zero-order valence-corrected chi connectivity index (χ0v) is 8.09. The van der Waals surface area contributed by atoms with Gasteiger partial charge >= 0.3 is 37.7 Å². The molecule has 0 aliphatic heterocycles. The predicted molar refractivity (Wildman–Crippen MR) is 31.2 cm³/mol. The van der Waals surface area contributed by atoms with Crippen LogP contribution in [0.4, 0.5) is 0 Å². The van der Waals surface area contributed by atoms with Gasteiger partial charge in [0, 0.05) is 15.7 Å². The second kappa shape index (κ2) is 16.8. The van der Waals surface area contributed by atoms with E-state index in [0.717, 1.165) is 0 Å². The van der Waals surface area contributed by atoms with Gasteiger partial charge in [-0.05, 0) is 0 Å². The minimum Gasteiger partial charge on any atom is -0.759 e. The third-order valence-electron chi connectivity index (χ3n) is 0. The summed E-state index contributed by atoms with van der Waals surface area (Å²) < 4.78 is 34.1. The largest absolute Gasteiger partial charge is 2.00 e. The van der Waals surface area contributed by atoms with Gasteiger partial charge in [-0.1, -0.05) is 0 Å². The molecule has 11 heavy (non-hydrogen) atoms. The van der Waals surface area contributed by atoms with Gasteiger partial charge in [-0.3, -0.25) is 18.5 Å². The molecule has 0 bridgehead atoms. The molecule has 0 aliphatic rings. The first-order chi connectivity index (χ1) is 3.41. The molecule has 0 radical (unpaired) electrons. The van der Waals surface area contributed by atoms with E-state index in [-0.39, 0.29) is 54.0 Å². The molecule has 9 nitrogen and oxygen atoms in total. The van der Waals surface area contributed by atoms with Crippen LogP contribution >= 0.6 is 0 Å². The summed E-state index contributed by atoms with van der Waals surface area (Å²) in [6.07, 6.45) is 0. The van der Waals surface area contributed by atoms with Crippen LogP contribution in [0.2, 0.25) is 0 Å². The van der Waals surface area contributed by atoms with Crippen LogP contribution in [0.15, 0.2) is 0 Å². The second-order valence-corrected chi connectivity index (χ2v) is 1.31. The number of hydrogen-bond donors (Lipinski definition) is 1. The Kier molecular flexibility index (Phi) is 45.9. The standard InChI is InChI=1S/Ca.HNO2.H2O4S.2H2O/c;2-1-3;1-5(2,3)4;;/h;1H;(H2,1,2,3,4);2*1H2/q+2;;;;/p-2. The van der Waals surface area contributed by atoms with Crippen LogP contribution < -0.4 is 5.34 Å². The molecule has 0 rings (SSSR count). The van der Waals surface area contributed by atoms with Crippen molar-refractivity contribution in [1.29, 1.82) is 0 Å². The molecule has 11 heteroatoms. The molecule has 0 amide bonds. The average Bonchev–Trinajstić information content (AvgIpc) is 1.27. The first-order valence-electron chi connectivity index (χ1n) is 1.07. The van der Waals surface area contributed by atoms with Crippen molar-refractivity contribution in [3.8, 4) is 0 Å². The van der Waals surface area contributed by atoms with Crippen LogP contribution in [0.25, 0.3) is 0 Å². The molecule has 0 aromatic carbocycles. The maximum atomic E-state index is 8.52. The Labute approximate surface area is 91.5 Å². The maximum absolute atomic E-state index is 8.52. The fourth-order valence-electron chi connectivity index (χ4n) is 0. The molecule has 0 aliphatic carbocycles. The van der Waals surface area contributed by atoms with Crippen molar-refractivity contribution in [3.05, 3.63) is 10.1 Å². The van der Waals surface area contributed by atoms with Crippen molar-refractivity contribution < 1.29 is 33.8 Å². The summed E-state index contributed by atoms with van der Waals surface area (Å²) in [5.41, 5.74) is 0. The fraction of sp³-hybridized carbons (Fsp3) is 0. The van der Waals surface area contributed by atoms with Crippen molar-refractivity contribution in [1.82, 2.24) is 0 Å². The number of nitrogens with one attached hydrogen (secondary N) is 1. The van der Waals surface area contributed by atoms with Gasteiger partial charge in [0.1, 0.15) is 0 Å². The van der Waals surface area contributed by atoms with E-state index in [1.165, 1.54) is 0 Å². The minimum atomic E-state index is -5.17. The van der Waals surface area contributed by atoms with Crippen molar-refractivity contribution in [2.45, 2.75) is 0 Å². The Morgan fingerprint density at radius 1 is 1.09 bits per heavy atom. The smallest absolute Gasteiger partial charge is 0.759 e. The van der Waals surface area contributed by atoms with Crippen LogP contribution in [-0.2, 0) is 10.4 Å². The normalized spacial score (nSPS) is 6.36. The maximum Gasteiger partial charge on any atom is 2.00 e. The minimum absolute atomic E-state index is 0. The van der Waals surface area contributed by atoms with Gasteiger partial charge in [-0.25, -0.2) is 0 Å². The van der Waals surface area contributed by atoms with E-state index < -0.39 is 10.4 Å². The van der Waals surface area contributed by atoms with E-state index >= 15 is 0 Å². The zero-order valence-electron chi connectivity index (χ0n) is 5.06. The van der Waals surface area contributed by atoms with E-state index in [4.69, 9.17) is 27.6 Å². The van der Waals surface area contributed by atoms with Gasteiger partial charge in [0.25, 0.3) is 0 Å². The van der Waals surface area contributed by atoms with Gasteiger partial charge in [0.2, 0.25) is 0 Å². The Morgan fingerprint density at radius 2 is 1.09 bits per heavy atom. The van der Waals surface area contributed by atoms with Gasteiger partial charge in [0.05, 0.1) is 0 Å². The Morgan fingerprint density at radius 3 is 1.09 bits per heavy atom. The van der Waals surface area contributed by atoms with Gasteiger partial charge in [0.15, 0.2) is 0 Å². The zero-order chi connectivity index (χ0) is 7.21. The third-order valence-corrected chi connectivity index (χ3v) is 0. The van der Waals surface area contributed by atoms with Crippen LogP contribution in [0.3, 0.4) is 0 Å². The Balaban J connectivity index is -0.0000000183. The van der Waals surface area contributed by atoms with Crippen molar-refractivity contribution in [2.24, 2.45) is 0 Å². The molecule has 5 N–H and O–H groups in total. The van der Waals surface area contributed by atoms with E-state index in [1.54, 1.807) is 0 Å². The van der Waals surface area contributed by atoms with E-state index in [2.05, 4.69) is 0 Å².